The van der Waals surface area contributed by atoms with E-state index in [0.29, 0.717) is 5.69 Å². The van der Waals surface area contributed by atoms with Crippen molar-refractivity contribution in [2.45, 2.75) is 38.3 Å². The topological polar surface area (TPSA) is 49.9 Å². The maximum atomic E-state index is 13.2. The van der Waals surface area contributed by atoms with Gasteiger partial charge in [0.25, 0.3) is 5.91 Å². The molecule has 0 saturated carbocycles. The van der Waals surface area contributed by atoms with Gasteiger partial charge in [0, 0.05) is 0 Å². The van der Waals surface area contributed by atoms with Gasteiger partial charge < -0.3 is 0 Å². The molecule has 2 aromatic carbocycles. The molecule has 0 N–H and O–H groups in total. The number of anilines is 2. The molecule has 0 spiro atoms. The molecule has 0 radical (unpaired) electrons. The summed E-state index contributed by atoms with van der Waals surface area (Å²) in [6.45, 7) is 2.09. The molecular weight excluding hydrogens is 347 g/mol. The monoisotopic (exact) mass is 368 g/mol. The van der Waals surface area contributed by atoms with Gasteiger partial charge in [-0.25, -0.2) is 14.4 Å². The molecule has 2 aliphatic rings. The van der Waals surface area contributed by atoms with Gasteiger partial charge in [0.15, 0.2) is 6.10 Å². The molecule has 2 aliphatic heterocycles. The number of benzene rings is 2. The van der Waals surface area contributed by atoms with Crippen molar-refractivity contribution >= 4 is 23.2 Å². The van der Waals surface area contributed by atoms with Crippen LogP contribution in [0.15, 0.2) is 54.6 Å². The Kier molecular flexibility index (Phi) is 4.66. The third kappa shape index (κ3) is 3.00. The lowest BCUT2D eigenvalue weighted by molar-refractivity contribution is -0.126. The fourth-order valence-electron chi connectivity index (χ4n) is 3.87. The number of halogens is 1. The normalized spacial score (nSPS) is 24.6. The van der Waals surface area contributed by atoms with Gasteiger partial charge in [0.1, 0.15) is 5.82 Å². The molecule has 5 nitrogen and oxygen atoms in total. The Morgan fingerprint density at radius 3 is 2.33 bits per heavy atom. The van der Waals surface area contributed by atoms with Crippen molar-refractivity contribution in [2.75, 3.05) is 9.96 Å². The number of nitrogens with zero attached hydrogens (tertiary/aromatic N) is 2. The number of imide groups is 1. The molecule has 2 aromatic rings. The number of rotatable bonds is 5. The molecule has 0 unspecified atom stereocenters. The number of amides is 2. The number of para-hydroxylation sites is 1. The van der Waals surface area contributed by atoms with Crippen molar-refractivity contribution in [1.82, 2.24) is 0 Å². The van der Waals surface area contributed by atoms with Gasteiger partial charge in [0.2, 0.25) is 5.91 Å². The van der Waals surface area contributed by atoms with Crippen molar-refractivity contribution < 1.29 is 18.8 Å². The third-order valence-electron chi connectivity index (χ3n) is 5.19. The lowest BCUT2D eigenvalue weighted by Crippen LogP contribution is -2.40. The van der Waals surface area contributed by atoms with E-state index in [4.69, 9.17) is 4.84 Å². The molecule has 0 aliphatic carbocycles. The van der Waals surface area contributed by atoms with Crippen LogP contribution in [0.1, 0.15) is 26.2 Å². The Bertz CT molecular complexity index is 840. The molecule has 2 amide bonds. The average molecular weight is 368 g/mol. The van der Waals surface area contributed by atoms with E-state index in [0.717, 1.165) is 29.8 Å². The van der Waals surface area contributed by atoms with E-state index in [9.17, 15) is 14.0 Å². The minimum Gasteiger partial charge on any atom is -0.273 e. The van der Waals surface area contributed by atoms with Crippen molar-refractivity contribution in [1.29, 1.82) is 0 Å². The standard InChI is InChI=1S/C21H21FN2O3/c1-2-3-9-17-18-19(27-24(17)16-7-5-4-6-8-16)21(26)23(20(18)25)15-12-10-14(22)11-13-15/h4-8,10-13,17-19H,2-3,9H2,1H3/t17-,18+,19+/m0/s1. The summed E-state index contributed by atoms with van der Waals surface area (Å²) in [5, 5.41) is 1.72. The zero-order valence-electron chi connectivity index (χ0n) is 15.0. The van der Waals surface area contributed by atoms with Crippen LogP contribution in [-0.2, 0) is 14.4 Å². The summed E-state index contributed by atoms with van der Waals surface area (Å²) in [7, 11) is 0. The molecule has 2 heterocycles. The lowest BCUT2D eigenvalue weighted by Gasteiger charge is -2.28. The predicted molar refractivity (Wildman–Crippen MR) is 99.5 cm³/mol. The molecule has 2 saturated heterocycles. The first-order valence-electron chi connectivity index (χ1n) is 9.26. The Hall–Kier alpha value is -2.73. The van der Waals surface area contributed by atoms with Gasteiger partial charge in [-0.15, -0.1) is 0 Å². The molecule has 6 heteroatoms. The second kappa shape index (κ2) is 7.12. The second-order valence-electron chi connectivity index (χ2n) is 6.91. The first kappa shape index (κ1) is 17.7. The smallest absolute Gasteiger partial charge is 0.266 e. The van der Waals surface area contributed by atoms with E-state index >= 15 is 0 Å². The first-order chi connectivity index (χ1) is 13.1. The Balaban J connectivity index is 1.66. The molecule has 0 bridgehead atoms. The molecule has 2 fully saturated rings. The van der Waals surface area contributed by atoms with Gasteiger partial charge in [-0.05, 0) is 42.8 Å². The number of carbonyl (C=O) groups excluding carboxylic acids is 2. The largest absolute Gasteiger partial charge is 0.273 e. The van der Waals surface area contributed by atoms with Crippen LogP contribution in [0.3, 0.4) is 0 Å². The highest BCUT2D eigenvalue weighted by molar-refractivity contribution is 6.23. The van der Waals surface area contributed by atoms with Crippen LogP contribution in [0.5, 0.6) is 0 Å². The summed E-state index contributed by atoms with van der Waals surface area (Å²) in [5.74, 6) is -1.65. The summed E-state index contributed by atoms with van der Waals surface area (Å²) in [6, 6.07) is 14.7. The zero-order valence-corrected chi connectivity index (χ0v) is 15.0. The first-order valence-corrected chi connectivity index (χ1v) is 9.26. The van der Waals surface area contributed by atoms with E-state index in [1.807, 2.05) is 30.3 Å². The number of fused-ring (bicyclic) bond motifs is 1. The summed E-state index contributed by atoms with van der Waals surface area (Å²) >= 11 is 0. The molecule has 0 aromatic heterocycles. The van der Waals surface area contributed by atoms with Crippen molar-refractivity contribution in [2.24, 2.45) is 5.92 Å². The third-order valence-corrected chi connectivity index (χ3v) is 5.19. The lowest BCUT2D eigenvalue weighted by atomic mass is 9.92. The van der Waals surface area contributed by atoms with Gasteiger partial charge >= 0.3 is 0 Å². The summed E-state index contributed by atoms with van der Waals surface area (Å²) in [5.41, 5.74) is 1.21. The van der Waals surface area contributed by atoms with Crippen LogP contribution in [0.4, 0.5) is 15.8 Å². The summed E-state index contributed by atoms with van der Waals surface area (Å²) in [6.07, 6.45) is 1.83. The quantitative estimate of drug-likeness (QED) is 0.755. The van der Waals surface area contributed by atoms with E-state index in [1.165, 1.54) is 24.3 Å². The highest BCUT2D eigenvalue weighted by atomic mass is 19.1. The van der Waals surface area contributed by atoms with Crippen LogP contribution in [-0.4, -0.2) is 24.0 Å². The molecule has 4 rings (SSSR count). The van der Waals surface area contributed by atoms with Gasteiger partial charge in [-0.2, -0.15) is 0 Å². The molecule has 27 heavy (non-hydrogen) atoms. The van der Waals surface area contributed by atoms with E-state index in [2.05, 4.69) is 6.92 Å². The molecule has 3 atom stereocenters. The summed E-state index contributed by atoms with van der Waals surface area (Å²) < 4.78 is 13.2. The maximum Gasteiger partial charge on any atom is 0.266 e. The second-order valence-corrected chi connectivity index (χ2v) is 6.91. The van der Waals surface area contributed by atoms with Gasteiger partial charge in [-0.1, -0.05) is 38.0 Å². The van der Waals surface area contributed by atoms with E-state index < -0.39 is 23.7 Å². The van der Waals surface area contributed by atoms with Gasteiger partial charge in [0.05, 0.1) is 23.3 Å². The Morgan fingerprint density at radius 1 is 0.963 bits per heavy atom. The number of hydroxylamine groups is 1. The predicted octanol–water partition coefficient (Wildman–Crippen LogP) is 3.69. The van der Waals surface area contributed by atoms with Crippen LogP contribution in [0, 0.1) is 11.7 Å². The van der Waals surface area contributed by atoms with Gasteiger partial charge in [-0.3, -0.25) is 14.4 Å². The van der Waals surface area contributed by atoms with Crippen molar-refractivity contribution in [3.8, 4) is 0 Å². The highest BCUT2D eigenvalue weighted by Crippen LogP contribution is 2.41. The highest BCUT2D eigenvalue weighted by Gasteiger charge is 2.59. The van der Waals surface area contributed by atoms with Crippen molar-refractivity contribution in [3.63, 3.8) is 0 Å². The van der Waals surface area contributed by atoms with Crippen LogP contribution < -0.4 is 9.96 Å². The van der Waals surface area contributed by atoms with E-state index in [-0.39, 0.29) is 11.9 Å². The van der Waals surface area contributed by atoms with Crippen LogP contribution >= 0.6 is 0 Å². The van der Waals surface area contributed by atoms with Crippen molar-refractivity contribution in [3.05, 3.63) is 60.4 Å². The SMILES string of the molecule is CCCC[C@H]1[C@H]2C(=O)N(c3ccc(F)cc3)C(=O)[C@@H]2ON1c1ccccc1. The summed E-state index contributed by atoms with van der Waals surface area (Å²) in [4.78, 5) is 33.2. The van der Waals surface area contributed by atoms with Crippen LogP contribution in [0.25, 0.3) is 0 Å². The maximum absolute atomic E-state index is 13.2. The number of hydrogen-bond acceptors (Lipinski definition) is 4. The minimum absolute atomic E-state index is 0.209. The minimum atomic E-state index is -0.843. The van der Waals surface area contributed by atoms with E-state index in [1.54, 1.807) is 5.06 Å². The number of carbonyl (C=O) groups is 2. The zero-order chi connectivity index (χ0) is 19.0. The number of unbranched alkanes of at least 4 members (excludes halogenated alkanes) is 1. The fraction of sp³-hybridized carbons (Fsp3) is 0.333. The Morgan fingerprint density at radius 2 is 1.67 bits per heavy atom. The average Bonchev–Trinajstić information content (AvgIpc) is 3.18. The number of hydrogen-bond donors (Lipinski definition) is 0. The fourth-order valence-corrected chi connectivity index (χ4v) is 3.87. The van der Waals surface area contributed by atoms with Crippen LogP contribution in [0.2, 0.25) is 0 Å². The molecular formula is C21H21FN2O3. The molecule has 140 valence electrons. The Labute approximate surface area is 157 Å².